The molecule has 0 amide bonds. The quantitative estimate of drug-likeness (QED) is 0.454. The average Bonchev–Trinajstić information content (AvgIpc) is 3.01. The summed E-state index contributed by atoms with van der Waals surface area (Å²) in [5.74, 6) is 2.20. The predicted molar refractivity (Wildman–Crippen MR) is 108 cm³/mol. The van der Waals surface area contributed by atoms with Crippen LogP contribution in [0.4, 0.5) is 0 Å². The predicted octanol–water partition coefficient (Wildman–Crippen LogP) is 4.66. The van der Waals surface area contributed by atoms with Crippen molar-refractivity contribution in [3.8, 4) is 22.9 Å². The number of nitrogens with one attached hydrogen (secondary N) is 1. The van der Waals surface area contributed by atoms with E-state index in [9.17, 15) is 0 Å². The van der Waals surface area contributed by atoms with E-state index in [1.54, 1.807) is 18.0 Å². The van der Waals surface area contributed by atoms with Gasteiger partial charge in [-0.05, 0) is 83.1 Å². The summed E-state index contributed by atoms with van der Waals surface area (Å²) in [5, 5.41) is 11.5. The fourth-order valence-electron chi connectivity index (χ4n) is 2.34. The van der Waals surface area contributed by atoms with Gasteiger partial charge in [0.25, 0.3) is 0 Å². The second-order valence-electron chi connectivity index (χ2n) is 5.26. The lowest BCUT2D eigenvalue weighted by Crippen LogP contribution is -1.96. The van der Waals surface area contributed by atoms with Crippen LogP contribution in [-0.4, -0.2) is 34.8 Å². The van der Waals surface area contributed by atoms with E-state index >= 15 is 0 Å². The molecule has 3 rings (SSSR count). The molecule has 0 aliphatic rings. The summed E-state index contributed by atoms with van der Waals surface area (Å²) in [6, 6.07) is 13.3. The molecule has 0 saturated carbocycles. The normalized spacial score (nSPS) is 11.0. The van der Waals surface area contributed by atoms with Gasteiger partial charge < -0.3 is 9.47 Å². The van der Waals surface area contributed by atoms with Crippen molar-refractivity contribution >= 4 is 34.4 Å². The van der Waals surface area contributed by atoms with Crippen LogP contribution < -0.4 is 9.47 Å². The van der Waals surface area contributed by atoms with Crippen LogP contribution in [0, 0.1) is 4.77 Å². The number of hydrogen-bond acceptors (Lipinski definition) is 5. The summed E-state index contributed by atoms with van der Waals surface area (Å²) < 4.78 is 13.6. The highest BCUT2D eigenvalue weighted by molar-refractivity contribution is 9.10. The molecule has 0 bridgehead atoms. The van der Waals surface area contributed by atoms with Crippen LogP contribution in [0.1, 0.15) is 12.5 Å². The topological polar surface area (TPSA) is 64.4 Å². The molecule has 0 aliphatic heterocycles. The van der Waals surface area contributed by atoms with Gasteiger partial charge in [0.15, 0.2) is 5.82 Å². The van der Waals surface area contributed by atoms with Crippen LogP contribution in [0.2, 0.25) is 0 Å². The summed E-state index contributed by atoms with van der Waals surface area (Å²) in [7, 11) is 1.63. The Bertz CT molecular complexity index is 980. The van der Waals surface area contributed by atoms with Crippen LogP contribution in [0.5, 0.6) is 11.5 Å². The van der Waals surface area contributed by atoms with Crippen LogP contribution >= 0.6 is 28.1 Å². The number of aromatic nitrogens is 3. The molecule has 2 aromatic carbocycles. The zero-order valence-corrected chi connectivity index (χ0v) is 16.7. The summed E-state index contributed by atoms with van der Waals surface area (Å²) >= 11 is 8.76. The van der Waals surface area contributed by atoms with Gasteiger partial charge in [0.1, 0.15) is 11.5 Å². The second kappa shape index (κ2) is 8.29. The first kappa shape index (κ1) is 18.3. The van der Waals surface area contributed by atoms with Crippen molar-refractivity contribution in [1.29, 1.82) is 0 Å². The first-order valence-electron chi connectivity index (χ1n) is 7.91. The molecular weight excluding hydrogens is 416 g/mol. The number of nitrogens with zero attached hydrogens (tertiary/aromatic N) is 3. The smallest absolute Gasteiger partial charge is 0.216 e. The van der Waals surface area contributed by atoms with Crippen LogP contribution in [0.25, 0.3) is 11.4 Å². The lowest BCUT2D eigenvalue weighted by Gasteiger charge is -2.05. The maximum absolute atomic E-state index is 5.47. The van der Waals surface area contributed by atoms with Gasteiger partial charge >= 0.3 is 0 Å². The van der Waals surface area contributed by atoms with Gasteiger partial charge in [-0.2, -0.15) is 14.9 Å². The molecule has 0 fully saturated rings. The number of halogens is 1. The third kappa shape index (κ3) is 4.03. The fraction of sp³-hybridized carbons (Fsp3) is 0.167. The van der Waals surface area contributed by atoms with E-state index in [0.29, 0.717) is 17.2 Å². The Kier molecular flexibility index (Phi) is 5.85. The minimum absolute atomic E-state index is 0.415. The third-order valence-corrected chi connectivity index (χ3v) is 4.46. The van der Waals surface area contributed by atoms with Crippen molar-refractivity contribution < 1.29 is 9.47 Å². The molecule has 8 heteroatoms. The summed E-state index contributed by atoms with van der Waals surface area (Å²) in [4.78, 5) is 0. The van der Waals surface area contributed by atoms with Crippen molar-refractivity contribution in [1.82, 2.24) is 14.9 Å². The molecule has 0 saturated heterocycles. The number of H-pyrrole nitrogens is 1. The number of rotatable bonds is 6. The largest absolute Gasteiger partial charge is 0.496 e. The van der Waals surface area contributed by atoms with Gasteiger partial charge in [-0.15, -0.1) is 0 Å². The van der Waals surface area contributed by atoms with E-state index in [-0.39, 0.29) is 0 Å². The SMILES string of the molecule is CCOc1ccc(-c2n[nH]c(=S)n2/N=C\c2ccc(OC)c(Br)c2)cc1. The monoisotopic (exact) mass is 432 g/mol. The molecule has 134 valence electrons. The molecule has 0 aliphatic carbocycles. The van der Waals surface area contributed by atoms with Crippen molar-refractivity contribution in [2.75, 3.05) is 13.7 Å². The number of methoxy groups -OCH3 is 1. The Balaban J connectivity index is 1.90. The molecule has 0 unspecified atom stereocenters. The number of benzene rings is 2. The third-order valence-electron chi connectivity index (χ3n) is 3.57. The zero-order valence-electron chi connectivity index (χ0n) is 14.3. The maximum Gasteiger partial charge on any atom is 0.216 e. The Hall–Kier alpha value is -2.45. The molecule has 0 radical (unpaired) electrons. The van der Waals surface area contributed by atoms with Gasteiger partial charge in [-0.1, -0.05) is 0 Å². The Morgan fingerprint density at radius 3 is 2.69 bits per heavy atom. The van der Waals surface area contributed by atoms with Crippen LogP contribution in [0.3, 0.4) is 0 Å². The highest BCUT2D eigenvalue weighted by Gasteiger charge is 2.08. The standard InChI is InChI=1S/C18H17BrN4O2S/c1-3-25-14-7-5-13(6-8-14)17-21-22-18(26)23(17)20-11-12-4-9-16(24-2)15(19)10-12/h4-11H,3H2,1-2H3,(H,22,26)/b20-11-. The minimum Gasteiger partial charge on any atom is -0.496 e. The molecule has 1 heterocycles. The lowest BCUT2D eigenvalue weighted by atomic mass is 10.2. The van der Waals surface area contributed by atoms with E-state index in [1.807, 2.05) is 49.4 Å². The van der Waals surface area contributed by atoms with E-state index < -0.39 is 0 Å². The molecular formula is C18H17BrN4O2S. The van der Waals surface area contributed by atoms with Crippen molar-refractivity contribution in [3.63, 3.8) is 0 Å². The summed E-state index contributed by atoms with van der Waals surface area (Å²) in [5.41, 5.74) is 1.78. The first-order chi connectivity index (χ1) is 12.6. The van der Waals surface area contributed by atoms with Gasteiger partial charge in [0.2, 0.25) is 4.77 Å². The maximum atomic E-state index is 5.47. The molecule has 3 aromatic rings. The molecule has 1 aromatic heterocycles. The van der Waals surface area contributed by atoms with Crippen LogP contribution in [-0.2, 0) is 0 Å². The molecule has 1 N–H and O–H groups in total. The van der Waals surface area contributed by atoms with Crippen LogP contribution in [0.15, 0.2) is 52.0 Å². The number of aromatic amines is 1. The molecule has 26 heavy (non-hydrogen) atoms. The van der Waals surface area contributed by atoms with E-state index in [1.165, 1.54) is 0 Å². The highest BCUT2D eigenvalue weighted by atomic mass is 79.9. The number of ether oxygens (including phenoxy) is 2. The minimum atomic E-state index is 0.415. The Morgan fingerprint density at radius 2 is 2.04 bits per heavy atom. The zero-order chi connectivity index (χ0) is 18.5. The fourth-order valence-corrected chi connectivity index (χ4v) is 3.08. The van der Waals surface area contributed by atoms with E-state index in [2.05, 4.69) is 31.2 Å². The average molecular weight is 433 g/mol. The summed E-state index contributed by atoms with van der Waals surface area (Å²) in [6.45, 7) is 2.57. The molecule has 0 atom stereocenters. The molecule has 0 spiro atoms. The molecule has 6 nitrogen and oxygen atoms in total. The van der Waals surface area contributed by atoms with Gasteiger partial charge in [-0.25, -0.2) is 5.10 Å². The Labute approximate surface area is 164 Å². The van der Waals surface area contributed by atoms with E-state index in [4.69, 9.17) is 21.7 Å². The lowest BCUT2D eigenvalue weighted by molar-refractivity contribution is 0.340. The highest BCUT2D eigenvalue weighted by Crippen LogP contribution is 2.25. The first-order valence-corrected chi connectivity index (χ1v) is 9.11. The van der Waals surface area contributed by atoms with Gasteiger partial charge in [0, 0.05) is 5.56 Å². The van der Waals surface area contributed by atoms with Crippen molar-refractivity contribution in [2.45, 2.75) is 6.92 Å². The van der Waals surface area contributed by atoms with Gasteiger partial charge in [-0.3, -0.25) is 0 Å². The van der Waals surface area contributed by atoms with Crippen molar-refractivity contribution in [2.24, 2.45) is 5.10 Å². The second-order valence-corrected chi connectivity index (χ2v) is 6.50. The van der Waals surface area contributed by atoms with E-state index in [0.717, 1.165) is 27.1 Å². The number of hydrogen-bond donors (Lipinski definition) is 1. The van der Waals surface area contributed by atoms with Gasteiger partial charge in [0.05, 0.1) is 24.4 Å². The summed E-state index contributed by atoms with van der Waals surface area (Å²) in [6.07, 6.45) is 1.72. The Morgan fingerprint density at radius 1 is 1.27 bits per heavy atom. The van der Waals surface area contributed by atoms with Crippen molar-refractivity contribution in [3.05, 3.63) is 57.3 Å².